The highest BCUT2D eigenvalue weighted by Gasteiger charge is 2.39. The van der Waals surface area contributed by atoms with E-state index >= 15 is 0 Å². The normalized spacial score (nSPS) is 13.4. The van der Waals surface area contributed by atoms with Crippen LogP contribution in [0.15, 0.2) is 54.7 Å². The van der Waals surface area contributed by atoms with Crippen molar-refractivity contribution in [3.05, 3.63) is 65.9 Å². The van der Waals surface area contributed by atoms with Crippen LogP contribution in [-0.2, 0) is 19.8 Å². The molecule has 0 spiro atoms. The van der Waals surface area contributed by atoms with Crippen molar-refractivity contribution in [1.82, 2.24) is 4.98 Å². The Bertz CT molecular complexity index is 1070. The Hall–Kier alpha value is -2.28. The second-order valence-corrected chi connectivity index (χ2v) is 9.94. The van der Waals surface area contributed by atoms with Gasteiger partial charge in [-0.25, -0.2) is 0 Å². The molecule has 5 nitrogen and oxygen atoms in total. The number of nitrogens with one attached hydrogen (secondary N) is 2. The third-order valence-electron chi connectivity index (χ3n) is 5.26. The van der Waals surface area contributed by atoms with Crippen molar-refractivity contribution in [2.45, 2.75) is 51.5 Å². The molecule has 9 heteroatoms. The fraction of sp³-hybridized carbons (Fsp3) is 0.417. The van der Waals surface area contributed by atoms with Crippen molar-refractivity contribution < 1.29 is 26.8 Å². The first-order valence-electron chi connectivity index (χ1n) is 11.2. The molecule has 0 unspecified atom stereocenters. The van der Waals surface area contributed by atoms with Crippen molar-refractivity contribution in [1.29, 1.82) is 0 Å². The quantitative estimate of drug-likeness (QED) is 0.202. The van der Waals surface area contributed by atoms with Gasteiger partial charge >= 0.3 is 13.8 Å². The van der Waals surface area contributed by atoms with E-state index in [0.29, 0.717) is 18.4 Å². The monoisotopic (exact) mass is 482 g/mol. The Balaban J connectivity index is 2.06. The van der Waals surface area contributed by atoms with Crippen LogP contribution in [0.4, 0.5) is 18.9 Å². The summed E-state index contributed by atoms with van der Waals surface area (Å²) in [5.41, 5.74) is 0.814. The first-order chi connectivity index (χ1) is 15.8. The Labute approximate surface area is 192 Å². The van der Waals surface area contributed by atoms with Crippen molar-refractivity contribution in [3.63, 3.8) is 0 Å². The molecule has 1 atom stereocenters. The molecule has 3 rings (SSSR count). The predicted octanol–water partition coefficient (Wildman–Crippen LogP) is 8.12. The molecule has 2 N–H and O–H groups in total. The second kappa shape index (κ2) is 11.2. The number of halogens is 3. The van der Waals surface area contributed by atoms with E-state index in [9.17, 15) is 17.7 Å². The average molecular weight is 482 g/mol. The summed E-state index contributed by atoms with van der Waals surface area (Å²) in [5.74, 6) is -0.995. The maximum Gasteiger partial charge on any atom is 0.416 e. The molecule has 0 fully saturated rings. The molecule has 0 aliphatic carbocycles. The number of alkyl halides is 3. The highest BCUT2D eigenvalue weighted by Crippen LogP contribution is 2.62. The SMILES string of the molecule is CCCCOP(=O)(OCCCC)[C@@H](Nc1cccc(C(F)(F)F)c1)c1c[nH]c2ccccc12. The Morgan fingerprint density at radius 3 is 2.30 bits per heavy atom. The molecule has 0 aliphatic rings. The summed E-state index contributed by atoms with van der Waals surface area (Å²) in [6.45, 7) is 4.43. The van der Waals surface area contributed by atoms with E-state index in [1.807, 2.05) is 38.1 Å². The molecule has 33 heavy (non-hydrogen) atoms. The molecular weight excluding hydrogens is 452 g/mol. The molecule has 180 valence electrons. The molecule has 1 heterocycles. The average Bonchev–Trinajstić information content (AvgIpc) is 3.21. The van der Waals surface area contributed by atoms with Crippen LogP contribution in [-0.4, -0.2) is 18.2 Å². The van der Waals surface area contributed by atoms with E-state index in [2.05, 4.69) is 10.3 Å². The Kier molecular flexibility index (Phi) is 8.63. The smallest absolute Gasteiger partial charge is 0.368 e. The lowest BCUT2D eigenvalue weighted by molar-refractivity contribution is -0.137. The second-order valence-electron chi connectivity index (χ2n) is 7.83. The van der Waals surface area contributed by atoms with Gasteiger partial charge in [-0.3, -0.25) is 4.57 Å². The van der Waals surface area contributed by atoms with Crippen LogP contribution >= 0.6 is 7.60 Å². The van der Waals surface area contributed by atoms with Crippen LogP contribution in [0.5, 0.6) is 0 Å². The van der Waals surface area contributed by atoms with Gasteiger partial charge in [0.05, 0.1) is 18.8 Å². The number of para-hydroxylation sites is 1. The topological polar surface area (TPSA) is 63.4 Å². The van der Waals surface area contributed by atoms with Gasteiger partial charge in [-0.05, 0) is 37.1 Å². The summed E-state index contributed by atoms with van der Waals surface area (Å²) in [6.07, 6.45) is 0.264. The van der Waals surface area contributed by atoms with E-state index in [4.69, 9.17) is 9.05 Å². The van der Waals surface area contributed by atoms with Gasteiger partial charge in [-0.2, -0.15) is 13.2 Å². The minimum Gasteiger partial charge on any atom is -0.368 e. The lowest BCUT2D eigenvalue weighted by Gasteiger charge is -2.29. The van der Waals surface area contributed by atoms with Gasteiger partial charge in [0.2, 0.25) is 0 Å². The number of anilines is 1. The zero-order valence-electron chi connectivity index (χ0n) is 18.8. The molecule has 0 radical (unpaired) electrons. The fourth-order valence-electron chi connectivity index (χ4n) is 3.45. The van der Waals surface area contributed by atoms with Gasteiger partial charge in [-0.15, -0.1) is 0 Å². The van der Waals surface area contributed by atoms with Gasteiger partial charge in [-0.1, -0.05) is 51.0 Å². The van der Waals surface area contributed by atoms with Crippen LogP contribution < -0.4 is 5.32 Å². The van der Waals surface area contributed by atoms with Crippen LogP contribution in [0, 0.1) is 0 Å². The molecule has 0 amide bonds. The summed E-state index contributed by atoms with van der Waals surface area (Å²) in [4.78, 5) is 3.14. The van der Waals surface area contributed by atoms with Crippen LogP contribution in [0.25, 0.3) is 10.9 Å². The largest absolute Gasteiger partial charge is 0.416 e. The Morgan fingerprint density at radius 2 is 1.67 bits per heavy atom. The number of hydrogen-bond acceptors (Lipinski definition) is 4. The predicted molar refractivity (Wildman–Crippen MR) is 125 cm³/mol. The van der Waals surface area contributed by atoms with Crippen molar-refractivity contribution in [2.24, 2.45) is 0 Å². The summed E-state index contributed by atoms with van der Waals surface area (Å²) in [5, 5.41) is 3.84. The van der Waals surface area contributed by atoms with Gasteiger partial charge in [0, 0.05) is 28.4 Å². The first kappa shape index (κ1) is 25.3. The molecular formula is C24H30F3N2O3P. The van der Waals surface area contributed by atoms with Crippen LogP contribution in [0.1, 0.15) is 56.4 Å². The zero-order chi connectivity index (χ0) is 23.9. The molecule has 0 aliphatic heterocycles. The molecule has 2 aromatic carbocycles. The maximum atomic E-state index is 14.1. The lowest BCUT2D eigenvalue weighted by Crippen LogP contribution is -2.16. The van der Waals surface area contributed by atoms with Gasteiger partial charge < -0.3 is 19.3 Å². The van der Waals surface area contributed by atoms with Crippen molar-refractivity contribution in [3.8, 4) is 0 Å². The van der Waals surface area contributed by atoms with Crippen LogP contribution in [0.3, 0.4) is 0 Å². The van der Waals surface area contributed by atoms with Crippen molar-refractivity contribution in [2.75, 3.05) is 18.5 Å². The van der Waals surface area contributed by atoms with E-state index in [1.165, 1.54) is 12.1 Å². The number of aromatic amines is 1. The summed E-state index contributed by atoms with van der Waals surface area (Å²) in [7, 11) is -3.82. The van der Waals surface area contributed by atoms with E-state index in [-0.39, 0.29) is 18.9 Å². The highest BCUT2D eigenvalue weighted by molar-refractivity contribution is 7.54. The van der Waals surface area contributed by atoms with Crippen LogP contribution in [0.2, 0.25) is 0 Å². The fourth-order valence-corrected chi connectivity index (χ4v) is 5.45. The highest BCUT2D eigenvalue weighted by atomic mass is 31.2. The van der Waals surface area contributed by atoms with E-state index in [0.717, 1.165) is 35.9 Å². The summed E-state index contributed by atoms with van der Waals surface area (Å²) in [6, 6.07) is 12.3. The minimum absolute atomic E-state index is 0.179. The molecule has 3 aromatic rings. The van der Waals surface area contributed by atoms with Gasteiger partial charge in [0.15, 0.2) is 5.78 Å². The number of rotatable bonds is 12. The van der Waals surface area contributed by atoms with Crippen molar-refractivity contribution >= 4 is 24.2 Å². The van der Waals surface area contributed by atoms with Gasteiger partial charge in [0.1, 0.15) is 0 Å². The number of fused-ring (bicyclic) bond motifs is 1. The standard InChI is InChI=1S/C24H30F3N2O3P/c1-3-5-14-31-33(30,32-15-6-4-2)23(21-17-28-22-13-8-7-12-20(21)22)29-19-11-9-10-18(16-19)24(25,26)27/h7-13,16-17,23,28-29H,3-6,14-15H2,1-2H3/t23-/m1/s1. The third kappa shape index (κ3) is 6.40. The molecule has 1 aromatic heterocycles. The number of hydrogen-bond donors (Lipinski definition) is 2. The Morgan fingerprint density at radius 1 is 1.00 bits per heavy atom. The summed E-state index contributed by atoms with van der Waals surface area (Å²) < 4.78 is 65.7. The van der Waals surface area contributed by atoms with E-state index in [1.54, 1.807) is 6.20 Å². The summed E-state index contributed by atoms with van der Waals surface area (Å²) >= 11 is 0. The molecule has 0 bridgehead atoms. The van der Waals surface area contributed by atoms with Gasteiger partial charge in [0.25, 0.3) is 0 Å². The zero-order valence-corrected chi connectivity index (χ0v) is 19.7. The number of H-pyrrole nitrogens is 1. The first-order valence-corrected chi connectivity index (χ1v) is 12.8. The number of unbranched alkanes of at least 4 members (excludes halogenated alkanes) is 2. The number of benzene rings is 2. The third-order valence-corrected chi connectivity index (χ3v) is 7.39. The molecule has 0 saturated heterocycles. The minimum atomic E-state index is -4.49. The number of aromatic nitrogens is 1. The van der Waals surface area contributed by atoms with E-state index < -0.39 is 25.1 Å². The molecule has 0 saturated carbocycles. The lowest BCUT2D eigenvalue weighted by atomic mass is 10.1. The maximum absolute atomic E-state index is 14.1.